The first-order valence-electron chi connectivity index (χ1n) is 11.9. The van der Waals surface area contributed by atoms with Crippen molar-refractivity contribution in [1.82, 2.24) is 0 Å². The molecule has 1 nitrogen and oxygen atoms in total. The van der Waals surface area contributed by atoms with E-state index in [-0.39, 0.29) is 5.66 Å². The minimum absolute atomic E-state index is 0.237. The number of hydrogen-bond acceptors (Lipinski definition) is 1. The Balaban J connectivity index is 1.96. The maximum absolute atomic E-state index is 12.1. The first kappa shape index (κ1) is 24.7. The summed E-state index contributed by atoms with van der Waals surface area (Å²) in [5.74, 6) is -3.62. The normalized spacial score (nSPS) is 15.1. The molecule has 0 bridgehead atoms. The molecule has 4 rings (SSSR count). The summed E-state index contributed by atoms with van der Waals surface area (Å²) in [5, 5.41) is 15.4. The first-order valence-corrected chi connectivity index (χ1v) is 15.1. The fraction of sp³-hybridized carbons (Fsp3) is 0.226. The van der Waals surface area contributed by atoms with Crippen LogP contribution in [-0.2, 0) is 6.42 Å². The third-order valence-corrected chi connectivity index (χ3v) is 15.7. The standard InChI is InChI=1S/C31H34ClOP/c1-25(30(33)31(2,3)24-26-16-8-4-9-17-26)34(32,27-18-10-5-11-19-27,28-20-12-6-13-21-28)29-22-14-7-15-23-29/h4-23,25,30,33H,24H2,1-3H3/t25-,30+/m1/s1. The van der Waals surface area contributed by atoms with Gasteiger partial charge in [0.25, 0.3) is 0 Å². The van der Waals surface area contributed by atoms with Gasteiger partial charge in [0.05, 0.1) is 0 Å². The second-order valence-corrected chi connectivity index (χ2v) is 16.5. The number of rotatable bonds is 8. The molecule has 0 heterocycles. The Kier molecular flexibility index (Phi) is 7.02. The zero-order valence-electron chi connectivity index (χ0n) is 20.2. The van der Waals surface area contributed by atoms with Gasteiger partial charge in [-0.05, 0) is 0 Å². The predicted molar refractivity (Wildman–Crippen MR) is 150 cm³/mol. The van der Waals surface area contributed by atoms with Crippen molar-refractivity contribution in [3.05, 3.63) is 127 Å². The molecular formula is C31H34ClOP. The van der Waals surface area contributed by atoms with E-state index in [1.54, 1.807) is 0 Å². The van der Waals surface area contributed by atoms with E-state index in [0.29, 0.717) is 0 Å². The molecule has 2 atom stereocenters. The van der Waals surface area contributed by atoms with Gasteiger partial charge < -0.3 is 0 Å². The third kappa shape index (κ3) is 4.11. The average molecular weight is 489 g/mol. The monoisotopic (exact) mass is 488 g/mol. The summed E-state index contributed by atoms with van der Waals surface area (Å²) in [4.78, 5) is 0. The van der Waals surface area contributed by atoms with E-state index in [0.717, 1.165) is 22.3 Å². The zero-order chi connectivity index (χ0) is 24.3. The second-order valence-electron chi connectivity index (χ2n) is 9.92. The van der Waals surface area contributed by atoms with Gasteiger partial charge in [0.2, 0.25) is 0 Å². The number of hydrogen-bond donors (Lipinski definition) is 1. The van der Waals surface area contributed by atoms with E-state index >= 15 is 0 Å². The molecule has 0 spiro atoms. The van der Waals surface area contributed by atoms with E-state index in [4.69, 9.17) is 11.2 Å². The molecule has 0 amide bonds. The van der Waals surface area contributed by atoms with Gasteiger partial charge in [-0.2, -0.15) is 0 Å². The van der Waals surface area contributed by atoms with Crippen molar-refractivity contribution in [3.63, 3.8) is 0 Å². The predicted octanol–water partition coefficient (Wildman–Crippen LogP) is 6.69. The van der Waals surface area contributed by atoms with Crippen LogP contribution < -0.4 is 15.9 Å². The summed E-state index contributed by atoms with van der Waals surface area (Å²) in [6.45, 7) is 6.45. The van der Waals surface area contributed by atoms with Gasteiger partial charge in [0.15, 0.2) is 0 Å². The van der Waals surface area contributed by atoms with Crippen LogP contribution in [0, 0.1) is 5.41 Å². The van der Waals surface area contributed by atoms with Crippen LogP contribution in [0.4, 0.5) is 0 Å². The Morgan fingerprint density at radius 3 is 1.32 bits per heavy atom. The minimum atomic E-state index is -3.62. The summed E-state index contributed by atoms with van der Waals surface area (Å²) in [5.41, 5.74) is 0.586. The molecule has 0 aliphatic carbocycles. The molecule has 0 saturated carbocycles. The molecule has 0 aliphatic rings. The van der Waals surface area contributed by atoms with Gasteiger partial charge in [-0.15, -0.1) is 0 Å². The summed E-state index contributed by atoms with van der Waals surface area (Å²) in [6.07, 6.45) is 0.115. The van der Waals surface area contributed by atoms with Crippen molar-refractivity contribution < 1.29 is 5.11 Å². The molecule has 0 radical (unpaired) electrons. The van der Waals surface area contributed by atoms with Crippen LogP contribution in [0.5, 0.6) is 0 Å². The number of halogens is 1. The molecule has 1 N–H and O–H groups in total. The molecule has 0 aromatic heterocycles. The quantitative estimate of drug-likeness (QED) is 0.274. The Morgan fingerprint density at radius 1 is 0.647 bits per heavy atom. The van der Waals surface area contributed by atoms with Gasteiger partial charge in [-0.25, -0.2) is 0 Å². The molecule has 0 unspecified atom stereocenters. The van der Waals surface area contributed by atoms with Crippen LogP contribution in [-0.4, -0.2) is 16.9 Å². The molecule has 4 aromatic carbocycles. The van der Waals surface area contributed by atoms with Crippen molar-refractivity contribution in [3.8, 4) is 0 Å². The molecule has 34 heavy (non-hydrogen) atoms. The molecule has 3 heteroatoms. The zero-order valence-corrected chi connectivity index (χ0v) is 21.8. The molecule has 4 aromatic rings. The molecule has 0 aliphatic heterocycles. The van der Waals surface area contributed by atoms with Crippen molar-refractivity contribution in [1.29, 1.82) is 0 Å². The van der Waals surface area contributed by atoms with Crippen molar-refractivity contribution >= 4 is 33.1 Å². The van der Waals surface area contributed by atoms with E-state index in [1.165, 1.54) is 5.56 Å². The van der Waals surface area contributed by atoms with Gasteiger partial charge in [0.1, 0.15) is 0 Å². The van der Waals surface area contributed by atoms with Crippen LogP contribution in [0.25, 0.3) is 0 Å². The SMILES string of the molecule is C[C@H]([C@H](O)C(C)(C)Cc1ccccc1)P(Cl)(c1ccccc1)(c1ccccc1)c1ccccc1. The van der Waals surface area contributed by atoms with Gasteiger partial charge in [-0.3, -0.25) is 0 Å². The number of aliphatic hydroxyl groups is 1. The fourth-order valence-corrected chi connectivity index (χ4v) is 12.3. The molecule has 0 saturated heterocycles. The number of aliphatic hydroxyl groups excluding tert-OH is 1. The van der Waals surface area contributed by atoms with Crippen LogP contribution >= 0.6 is 17.2 Å². The second kappa shape index (κ2) is 9.67. The third-order valence-electron chi connectivity index (χ3n) is 7.31. The van der Waals surface area contributed by atoms with Crippen LogP contribution in [0.2, 0.25) is 0 Å². The van der Waals surface area contributed by atoms with Crippen molar-refractivity contribution in [2.24, 2.45) is 5.41 Å². The van der Waals surface area contributed by atoms with Crippen molar-refractivity contribution in [2.45, 2.75) is 39.0 Å². The number of benzene rings is 4. The van der Waals surface area contributed by atoms with E-state index in [2.05, 4.69) is 118 Å². The Bertz CT molecular complexity index is 1090. The van der Waals surface area contributed by atoms with E-state index in [1.807, 2.05) is 24.3 Å². The van der Waals surface area contributed by atoms with Crippen LogP contribution in [0.15, 0.2) is 121 Å². The average Bonchev–Trinajstić information content (AvgIpc) is 2.89. The summed E-state index contributed by atoms with van der Waals surface area (Å²) in [6, 6.07) is 41.6. The summed E-state index contributed by atoms with van der Waals surface area (Å²) in [7, 11) is 0. The Hall–Kier alpha value is -2.44. The summed E-state index contributed by atoms with van der Waals surface area (Å²) >= 11 is 8.30. The molecule has 176 valence electrons. The van der Waals surface area contributed by atoms with Gasteiger partial charge in [0, 0.05) is 0 Å². The van der Waals surface area contributed by atoms with Crippen LogP contribution in [0.1, 0.15) is 26.3 Å². The Morgan fingerprint density at radius 2 is 0.971 bits per heavy atom. The van der Waals surface area contributed by atoms with Crippen LogP contribution in [0.3, 0.4) is 0 Å². The molecular weight excluding hydrogens is 455 g/mol. The summed E-state index contributed by atoms with van der Waals surface area (Å²) < 4.78 is 0. The maximum atomic E-state index is 12.1. The van der Waals surface area contributed by atoms with Gasteiger partial charge >= 0.3 is 209 Å². The van der Waals surface area contributed by atoms with E-state index < -0.39 is 17.5 Å². The van der Waals surface area contributed by atoms with Gasteiger partial charge in [-0.1, -0.05) is 0 Å². The fourth-order valence-electron chi connectivity index (χ4n) is 5.46. The topological polar surface area (TPSA) is 20.2 Å². The molecule has 0 fully saturated rings. The first-order chi connectivity index (χ1) is 16.3. The Labute approximate surface area is 209 Å². The van der Waals surface area contributed by atoms with Crippen molar-refractivity contribution in [2.75, 3.05) is 0 Å². The van der Waals surface area contributed by atoms with E-state index in [9.17, 15) is 5.11 Å².